The second-order valence-electron chi connectivity index (χ2n) is 9.56. The fourth-order valence-corrected chi connectivity index (χ4v) is 18.9. The summed E-state index contributed by atoms with van der Waals surface area (Å²) in [5, 5.41) is 4.19. The van der Waals surface area contributed by atoms with Crippen LogP contribution in [0.4, 0.5) is 0 Å². The van der Waals surface area contributed by atoms with Crippen molar-refractivity contribution in [3.05, 3.63) is 96.8 Å². The fourth-order valence-electron chi connectivity index (χ4n) is 3.49. The first-order chi connectivity index (χ1) is 13.4. The predicted molar refractivity (Wildman–Crippen MR) is 143 cm³/mol. The molecular formula is C25H34AuClP2Si. The molecule has 0 nitrogen and oxygen atoms in total. The van der Waals surface area contributed by atoms with Crippen LogP contribution < -0.4 is 15.9 Å². The summed E-state index contributed by atoms with van der Waals surface area (Å²) in [5.41, 5.74) is 0. The molecule has 0 heterocycles. The van der Waals surface area contributed by atoms with E-state index in [1.807, 2.05) is 0 Å². The predicted octanol–water partition coefficient (Wildman–Crippen LogP) is 7.06. The Balaban J connectivity index is 0.000000354. The minimum Gasteiger partial charge on any atom is -0.0622 e. The molecule has 0 amide bonds. The van der Waals surface area contributed by atoms with E-state index in [4.69, 9.17) is 11.2 Å². The van der Waals surface area contributed by atoms with E-state index in [-0.39, 0.29) is 22.4 Å². The molecule has 0 bridgehead atoms. The fraction of sp³-hybridized carbons (Fsp3) is 0.240. The molecule has 0 aliphatic carbocycles. The zero-order valence-electron chi connectivity index (χ0n) is 18.8. The van der Waals surface area contributed by atoms with Gasteiger partial charge in [0, 0.05) is 0 Å². The molecule has 0 unspecified atom stereocenters. The summed E-state index contributed by atoms with van der Waals surface area (Å²) in [6.45, 7) is 13.5. The topological polar surface area (TPSA) is 0 Å². The van der Waals surface area contributed by atoms with Crippen molar-refractivity contribution >= 4 is 49.1 Å². The quantitative estimate of drug-likeness (QED) is 0.157. The van der Waals surface area contributed by atoms with Gasteiger partial charge >= 0.3 is 93.1 Å². The van der Waals surface area contributed by atoms with E-state index in [9.17, 15) is 0 Å². The Kier molecular flexibility index (Phi) is 10.7. The third-order valence-electron chi connectivity index (χ3n) is 3.87. The van der Waals surface area contributed by atoms with Crippen LogP contribution in [0.25, 0.3) is 0 Å². The maximum absolute atomic E-state index is 6.38. The molecule has 3 rings (SSSR count). The number of rotatable bonds is 5. The molecule has 0 spiro atoms. The summed E-state index contributed by atoms with van der Waals surface area (Å²) in [7, 11) is -1.51. The van der Waals surface area contributed by atoms with Crippen LogP contribution in [0, 0.1) is 5.79 Å². The van der Waals surface area contributed by atoms with Gasteiger partial charge in [0.05, 0.1) is 0 Å². The van der Waals surface area contributed by atoms with Crippen molar-refractivity contribution < 1.29 is 22.4 Å². The number of benzene rings is 3. The van der Waals surface area contributed by atoms with Crippen molar-refractivity contribution in [2.45, 2.75) is 19.6 Å². The first-order valence-electron chi connectivity index (χ1n) is 9.96. The van der Waals surface area contributed by atoms with Gasteiger partial charge in [-0.3, -0.25) is 0 Å². The standard InChI is InChI=1S/C18H15P.C7H19ClPSi.Au/c1-4-10-16(11-5-1)19(17-12-6-2-7-13-17)18-14-8-3-9-15-18;1-9(2,3,8)7-10(4,5)6;/h1-15H;7H,1-6H3;/q;-1;+1. The molecule has 166 valence electrons. The summed E-state index contributed by atoms with van der Waals surface area (Å²) in [6.07, 6.45) is 0. The number of hydrogen-bond donors (Lipinski definition) is 0. The van der Waals surface area contributed by atoms with Crippen LogP contribution >= 0.6 is 25.1 Å². The van der Waals surface area contributed by atoms with Gasteiger partial charge in [-0.15, -0.1) is 0 Å². The van der Waals surface area contributed by atoms with Gasteiger partial charge in [-0.2, -0.15) is 0 Å². The summed E-state index contributed by atoms with van der Waals surface area (Å²) < 4.78 is 0. The van der Waals surface area contributed by atoms with Crippen LogP contribution in [0.3, 0.4) is 0 Å². The van der Waals surface area contributed by atoms with Crippen LogP contribution in [0.15, 0.2) is 91.0 Å². The molecule has 0 saturated heterocycles. The first-order valence-corrected chi connectivity index (χ1v) is 19.4. The molecule has 30 heavy (non-hydrogen) atoms. The van der Waals surface area contributed by atoms with Crippen molar-refractivity contribution in [1.82, 2.24) is 0 Å². The molecule has 0 fully saturated rings. The first kappa shape index (κ1) is 27.8. The zero-order valence-corrected chi connectivity index (χ0v) is 24.5. The Morgan fingerprint density at radius 3 is 1.07 bits per heavy atom. The van der Waals surface area contributed by atoms with Crippen molar-refractivity contribution in [1.29, 1.82) is 0 Å². The van der Waals surface area contributed by atoms with Gasteiger partial charge in [-0.05, 0) is 23.8 Å². The summed E-state index contributed by atoms with van der Waals surface area (Å²) in [6, 6.07) is 32.3. The summed E-state index contributed by atoms with van der Waals surface area (Å²) in [5.74, 6) is 0.593. The monoisotopic (exact) mass is 656 g/mol. The van der Waals surface area contributed by atoms with Gasteiger partial charge in [-0.25, -0.2) is 0 Å². The minimum absolute atomic E-state index is 0. The third kappa shape index (κ3) is 10.9. The second kappa shape index (κ2) is 11.6. The minimum atomic E-state index is -1.84. The largest absolute Gasteiger partial charge is 1.00 e. The number of hydrogen-bond acceptors (Lipinski definition) is 0. The molecule has 0 N–H and O–H groups in total. The SMILES string of the molecule is C[Si](C)(C)[CH-]P(C)(C)(C)Cl.[Au+].c1ccc(P(c2ccccc2)c2ccccc2)cc1. The molecule has 0 aliphatic rings. The normalized spacial score (nSPS) is 12.7. The van der Waals surface area contributed by atoms with Crippen molar-refractivity contribution in [2.24, 2.45) is 0 Å². The Morgan fingerprint density at radius 1 is 0.633 bits per heavy atom. The molecule has 3 aromatic carbocycles. The van der Waals surface area contributed by atoms with Gasteiger partial charge < -0.3 is 0 Å². The average molecular weight is 657 g/mol. The van der Waals surface area contributed by atoms with E-state index < -0.39 is 22.0 Å². The summed E-state index contributed by atoms with van der Waals surface area (Å²) in [4.78, 5) is 0. The van der Waals surface area contributed by atoms with Gasteiger partial charge in [0.1, 0.15) is 0 Å². The third-order valence-corrected chi connectivity index (χ3v) is 13.8. The van der Waals surface area contributed by atoms with Crippen LogP contribution in [-0.4, -0.2) is 28.1 Å². The van der Waals surface area contributed by atoms with Crippen LogP contribution in [-0.2, 0) is 22.4 Å². The van der Waals surface area contributed by atoms with Gasteiger partial charge in [0.25, 0.3) is 0 Å². The van der Waals surface area contributed by atoms with Gasteiger partial charge in [0.2, 0.25) is 0 Å². The molecule has 0 aliphatic heterocycles. The van der Waals surface area contributed by atoms with Crippen molar-refractivity contribution in [3.63, 3.8) is 0 Å². The summed E-state index contributed by atoms with van der Waals surface area (Å²) >= 11 is 6.38. The molecule has 0 radical (unpaired) electrons. The maximum Gasteiger partial charge on any atom is 1.00 e. The van der Waals surface area contributed by atoms with E-state index in [1.54, 1.807) is 0 Å². The zero-order chi connectivity index (χ0) is 21.6. The Hall–Kier alpha value is -0.233. The smallest absolute Gasteiger partial charge is 0.0622 e. The maximum atomic E-state index is 6.38. The molecule has 5 heteroatoms. The number of halogens is 1. The van der Waals surface area contributed by atoms with E-state index in [0.29, 0.717) is 0 Å². The van der Waals surface area contributed by atoms with Crippen molar-refractivity contribution in [3.8, 4) is 0 Å². The molecule has 0 saturated carbocycles. The second-order valence-corrected chi connectivity index (χ2v) is 26.6. The van der Waals surface area contributed by atoms with E-state index >= 15 is 0 Å². The van der Waals surface area contributed by atoms with Crippen LogP contribution in [0.5, 0.6) is 0 Å². The van der Waals surface area contributed by atoms with Crippen LogP contribution in [0.1, 0.15) is 0 Å². The molecular weight excluding hydrogens is 623 g/mol. The molecule has 3 aromatic rings. The van der Waals surface area contributed by atoms with E-state index in [2.05, 4.69) is 136 Å². The Bertz CT molecular complexity index is 770. The van der Waals surface area contributed by atoms with E-state index in [1.165, 1.54) is 15.9 Å². The Morgan fingerprint density at radius 2 is 0.900 bits per heavy atom. The molecule has 0 aromatic heterocycles. The van der Waals surface area contributed by atoms with Crippen LogP contribution in [0.2, 0.25) is 19.6 Å². The van der Waals surface area contributed by atoms with Gasteiger partial charge in [0.15, 0.2) is 0 Å². The average Bonchev–Trinajstić information content (AvgIpc) is 2.61. The van der Waals surface area contributed by atoms with Crippen molar-refractivity contribution in [2.75, 3.05) is 20.0 Å². The van der Waals surface area contributed by atoms with Gasteiger partial charge in [-0.1, -0.05) is 91.0 Å². The molecule has 0 atom stereocenters. The Labute approximate surface area is 206 Å². The van der Waals surface area contributed by atoms with E-state index in [0.717, 1.165) is 0 Å².